The Balaban J connectivity index is 2.84. The van der Waals surface area contributed by atoms with E-state index in [1.54, 1.807) is 12.1 Å². The number of hydrogen-bond donors (Lipinski definition) is 0. The summed E-state index contributed by atoms with van der Waals surface area (Å²) < 4.78 is 49.5. The van der Waals surface area contributed by atoms with E-state index in [2.05, 4.69) is 15.9 Å². The Kier molecular flexibility index (Phi) is 4.07. The second-order valence-corrected chi connectivity index (χ2v) is 3.97. The summed E-state index contributed by atoms with van der Waals surface area (Å²) in [6, 6.07) is 6.13. The molecule has 0 atom stereocenters. The second-order valence-electron chi connectivity index (χ2n) is 3.12. The van der Waals surface area contributed by atoms with Crippen LogP contribution in [0.5, 0.6) is 0 Å². The zero-order chi connectivity index (χ0) is 12.3. The lowest BCUT2D eigenvalue weighted by Gasteiger charge is -2.13. The number of rotatable bonds is 4. The van der Waals surface area contributed by atoms with E-state index in [4.69, 9.17) is 0 Å². The third-order valence-corrected chi connectivity index (χ3v) is 2.73. The zero-order valence-electron chi connectivity index (χ0n) is 7.89. The summed E-state index contributed by atoms with van der Waals surface area (Å²) in [5.74, 6) is -6.37. The summed E-state index contributed by atoms with van der Waals surface area (Å²) in [5.41, 5.74) is 0.257. The molecule has 1 aromatic rings. The molecule has 0 saturated heterocycles. The lowest BCUT2D eigenvalue weighted by atomic mass is 10.1. The van der Waals surface area contributed by atoms with Gasteiger partial charge in [0.2, 0.25) is 5.78 Å². The maximum absolute atomic E-state index is 12.6. The molecule has 0 aliphatic carbocycles. The Morgan fingerprint density at radius 2 is 1.88 bits per heavy atom. The van der Waals surface area contributed by atoms with Crippen LogP contribution in [-0.2, 0) is 11.2 Å². The fraction of sp³-hybridized carbons (Fsp3) is 0.300. The van der Waals surface area contributed by atoms with E-state index in [1.165, 1.54) is 12.1 Å². The van der Waals surface area contributed by atoms with Crippen LogP contribution in [0.25, 0.3) is 0 Å². The number of halogens is 5. The van der Waals surface area contributed by atoms with Crippen LogP contribution in [0.1, 0.15) is 5.56 Å². The molecule has 16 heavy (non-hydrogen) atoms. The fourth-order valence-electron chi connectivity index (χ4n) is 1.05. The number of carbonyl (C=O) groups excluding carboxylic acids is 1. The molecule has 1 nitrogen and oxygen atoms in total. The summed E-state index contributed by atoms with van der Waals surface area (Å²) in [4.78, 5) is 11.0. The second kappa shape index (κ2) is 4.95. The Hall–Kier alpha value is -0.910. The van der Waals surface area contributed by atoms with Crippen LogP contribution >= 0.6 is 15.9 Å². The predicted molar refractivity (Wildman–Crippen MR) is 53.8 cm³/mol. The zero-order valence-corrected chi connectivity index (χ0v) is 9.48. The van der Waals surface area contributed by atoms with Gasteiger partial charge in [0.1, 0.15) is 0 Å². The van der Waals surface area contributed by atoms with E-state index < -0.39 is 24.6 Å². The van der Waals surface area contributed by atoms with Gasteiger partial charge in [-0.05, 0) is 11.6 Å². The number of alkyl halides is 4. The Bertz CT molecular complexity index is 392. The smallest absolute Gasteiger partial charge is 0.292 e. The van der Waals surface area contributed by atoms with Gasteiger partial charge in [-0.3, -0.25) is 4.79 Å². The van der Waals surface area contributed by atoms with Crippen molar-refractivity contribution in [3.63, 3.8) is 0 Å². The van der Waals surface area contributed by atoms with Crippen molar-refractivity contribution in [2.75, 3.05) is 0 Å². The van der Waals surface area contributed by atoms with Gasteiger partial charge >= 0.3 is 12.3 Å². The molecule has 0 saturated carbocycles. The largest absolute Gasteiger partial charge is 0.364 e. The highest BCUT2D eigenvalue weighted by atomic mass is 79.9. The average Bonchev–Trinajstić information content (AvgIpc) is 2.21. The Morgan fingerprint density at radius 1 is 1.31 bits per heavy atom. The van der Waals surface area contributed by atoms with Crippen molar-refractivity contribution in [3.8, 4) is 0 Å². The first-order valence-electron chi connectivity index (χ1n) is 4.28. The molecule has 0 N–H and O–H groups in total. The van der Waals surface area contributed by atoms with Gasteiger partial charge in [-0.25, -0.2) is 8.78 Å². The van der Waals surface area contributed by atoms with Crippen molar-refractivity contribution in [1.82, 2.24) is 0 Å². The molecule has 88 valence electrons. The van der Waals surface area contributed by atoms with Gasteiger partial charge < -0.3 is 0 Å². The summed E-state index contributed by atoms with van der Waals surface area (Å²) in [7, 11) is 0. The van der Waals surface area contributed by atoms with Gasteiger partial charge in [0.15, 0.2) is 0 Å². The summed E-state index contributed by atoms with van der Waals surface area (Å²) in [6.07, 6.45) is -4.69. The molecule has 0 heterocycles. The highest BCUT2D eigenvalue weighted by Gasteiger charge is 2.48. The molecule has 0 radical (unpaired) electrons. The molecule has 0 aliphatic heterocycles. The Morgan fingerprint density at radius 3 is 2.38 bits per heavy atom. The molecule has 0 amide bonds. The highest BCUT2D eigenvalue weighted by Crippen LogP contribution is 2.27. The predicted octanol–water partition coefficient (Wildman–Crippen LogP) is 3.46. The highest BCUT2D eigenvalue weighted by molar-refractivity contribution is 9.10. The first-order chi connectivity index (χ1) is 7.35. The van der Waals surface area contributed by atoms with E-state index in [0.29, 0.717) is 4.47 Å². The summed E-state index contributed by atoms with van der Waals surface area (Å²) in [6.45, 7) is 0. The maximum Gasteiger partial charge on any atom is 0.364 e. The van der Waals surface area contributed by atoms with E-state index in [9.17, 15) is 22.4 Å². The summed E-state index contributed by atoms with van der Waals surface area (Å²) >= 11 is 3.04. The van der Waals surface area contributed by atoms with Crippen molar-refractivity contribution in [2.24, 2.45) is 0 Å². The molecule has 0 aromatic heterocycles. The molecular formula is C10H7BrF4O. The fourth-order valence-corrected chi connectivity index (χ4v) is 1.48. The normalized spacial score (nSPS) is 11.9. The van der Waals surface area contributed by atoms with E-state index in [1.807, 2.05) is 0 Å². The number of hydrogen-bond acceptors (Lipinski definition) is 1. The van der Waals surface area contributed by atoms with Crippen LogP contribution in [0.3, 0.4) is 0 Å². The van der Waals surface area contributed by atoms with Gasteiger partial charge in [-0.2, -0.15) is 8.78 Å². The van der Waals surface area contributed by atoms with Crippen molar-refractivity contribution in [2.45, 2.75) is 18.8 Å². The topological polar surface area (TPSA) is 17.1 Å². The SMILES string of the molecule is O=C(Cc1ccccc1Br)C(F)(F)C(F)F. The minimum atomic E-state index is -4.59. The van der Waals surface area contributed by atoms with Gasteiger partial charge in [0.25, 0.3) is 0 Å². The molecule has 1 aromatic carbocycles. The minimum absolute atomic E-state index is 0.257. The van der Waals surface area contributed by atoms with Gasteiger partial charge in [0.05, 0.1) is 0 Å². The molecule has 0 aliphatic rings. The number of carbonyl (C=O) groups is 1. The van der Waals surface area contributed by atoms with Crippen LogP contribution in [0.15, 0.2) is 28.7 Å². The molecule has 6 heteroatoms. The molecule has 0 fully saturated rings. The Labute approximate surface area is 97.6 Å². The van der Waals surface area contributed by atoms with Crippen LogP contribution in [0.2, 0.25) is 0 Å². The third-order valence-electron chi connectivity index (χ3n) is 1.95. The lowest BCUT2D eigenvalue weighted by Crippen LogP contribution is -2.37. The molecule has 0 bridgehead atoms. The van der Waals surface area contributed by atoms with Crippen LogP contribution in [0.4, 0.5) is 17.6 Å². The van der Waals surface area contributed by atoms with E-state index in [-0.39, 0.29) is 5.56 Å². The molecular weight excluding hydrogens is 292 g/mol. The van der Waals surface area contributed by atoms with Crippen molar-refractivity contribution < 1.29 is 22.4 Å². The minimum Gasteiger partial charge on any atom is -0.292 e. The van der Waals surface area contributed by atoms with Gasteiger partial charge in [0, 0.05) is 10.9 Å². The molecule has 0 spiro atoms. The van der Waals surface area contributed by atoms with Gasteiger partial charge in [-0.1, -0.05) is 34.1 Å². The number of ketones is 1. The summed E-state index contributed by atoms with van der Waals surface area (Å²) in [5, 5.41) is 0. The van der Waals surface area contributed by atoms with Crippen LogP contribution < -0.4 is 0 Å². The van der Waals surface area contributed by atoms with E-state index >= 15 is 0 Å². The quantitative estimate of drug-likeness (QED) is 0.778. The first-order valence-corrected chi connectivity index (χ1v) is 5.07. The van der Waals surface area contributed by atoms with E-state index in [0.717, 1.165) is 0 Å². The third kappa shape index (κ3) is 2.81. The van der Waals surface area contributed by atoms with Crippen molar-refractivity contribution >= 4 is 21.7 Å². The maximum atomic E-state index is 12.6. The first kappa shape index (κ1) is 13.2. The lowest BCUT2D eigenvalue weighted by molar-refractivity contribution is -0.166. The molecule has 0 unspecified atom stereocenters. The number of Topliss-reactive ketones (excluding diaryl/α,β-unsaturated/α-hetero) is 1. The number of benzene rings is 1. The van der Waals surface area contributed by atoms with Gasteiger partial charge in [-0.15, -0.1) is 0 Å². The molecule has 1 rings (SSSR count). The van der Waals surface area contributed by atoms with Crippen molar-refractivity contribution in [3.05, 3.63) is 34.3 Å². The van der Waals surface area contributed by atoms with Crippen LogP contribution in [0, 0.1) is 0 Å². The van der Waals surface area contributed by atoms with Crippen LogP contribution in [-0.4, -0.2) is 18.1 Å². The van der Waals surface area contributed by atoms with Crippen molar-refractivity contribution in [1.29, 1.82) is 0 Å². The monoisotopic (exact) mass is 298 g/mol. The standard InChI is InChI=1S/C10H7BrF4O/c11-7-4-2-1-3-6(7)5-8(16)10(14,15)9(12)13/h1-4,9H,5H2. The average molecular weight is 299 g/mol.